The van der Waals surface area contributed by atoms with Gasteiger partial charge in [-0.25, -0.2) is 0 Å². The monoisotopic (exact) mass is 470 g/mol. The summed E-state index contributed by atoms with van der Waals surface area (Å²) in [6, 6.07) is 39.6. The number of hydrogen-bond donors (Lipinski definition) is 1. The maximum absolute atomic E-state index is 4.88. The fourth-order valence-electron chi connectivity index (χ4n) is 4.60. The smallest absolute Gasteiger partial charge is 0.0125 e. The van der Waals surface area contributed by atoms with Gasteiger partial charge in [0.2, 0.25) is 0 Å². The van der Waals surface area contributed by atoms with Gasteiger partial charge in [-0.15, -0.1) is 12.6 Å². The minimum atomic E-state index is 0.994. The summed E-state index contributed by atoms with van der Waals surface area (Å²) in [4.78, 5) is 0.994. The zero-order valence-electron chi connectivity index (χ0n) is 20.5. The second kappa shape index (κ2) is 9.98. The minimum absolute atomic E-state index is 0.994. The molecule has 5 aromatic rings. The summed E-state index contributed by atoms with van der Waals surface area (Å²) in [6.45, 7) is 6.49. The van der Waals surface area contributed by atoms with Crippen molar-refractivity contribution in [2.45, 2.75) is 32.1 Å². The molecule has 0 radical (unpaired) electrons. The molecule has 0 aliphatic heterocycles. The quantitative estimate of drug-likeness (QED) is 0.243. The van der Waals surface area contributed by atoms with Crippen LogP contribution in [0.5, 0.6) is 0 Å². The lowest BCUT2D eigenvalue weighted by Gasteiger charge is -2.14. The first-order chi connectivity index (χ1) is 17.0. The lowest BCUT2D eigenvalue weighted by Crippen LogP contribution is -1.89. The molecule has 0 saturated heterocycles. The fourth-order valence-corrected chi connectivity index (χ4v) is 4.92. The second-order valence-corrected chi connectivity index (χ2v) is 9.74. The summed E-state index contributed by atoms with van der Waals surface area (Å²) in [6.07, 6.45) is 1.07. The van der Waals surface area contributed by atoms with E-state index in [9.17, 15) is 0 Å². The molecule has 1 heteroatoms. The van der Waals surface area contributed by atoms with Crippen LogP contribution in [0.25, 0.3) is 44.5 Å². The summed E-state index contributed by atoms with van der Waals surface area (Å²) in [5.74, 6) is 0. The van der Waals surface area contributed by atoms with Crippen LogP contribution < -0.4 is 0 Å². The predicted octanol–water partition coefficient (Wildman–Crippen LogP) is 9.82. The van der Waals surface area contributed by atoms with Gasteiger partial charge in [0.25, 0.3) is 0 Å². The van der Waals surface area contributed by atoms with Crippen LogP contribution in [0.2, 0.25) is 0 Å². The highest BCUT2D eigenvalue weighted by molar-refractivity contribution is 7.80. The molecule has 5 aromatic carbocycles. The Labute approximate surface area is 214 Å². The predicted molar refractivity (Wildman–Crippen MR) is 154 cm³/mol. The van der Waals surface area contributed by atoms with Crippen molar-refractivity contribution in [2.24, 2.45) is 0 Å². The molecule has 0 aromatic heterocycles. The molecule has 0 heterocycles. The number of aryl methyl sites for hydroxylation is 3. The van der Waals surface area contributed by atoms with Crippen molar-refractivity contribution in [3.05, 3.63) is 126 Å². The molecule has 5 rings (SSSR count). The van der Waals surface area contributed by atoms with Gasteiger partial charge in [0.1, 0.15) is 0 Å². The summed E-state index contributed by atoms with van der Waals surface area (Å²) in [7, 11) is 0. The third-order valence-corrected chi connectivity index (χ3v) is 7.18. The molecule has 35 heavy (non-hydrogen) atoms. The van der Waals surface area contributed by atoms with E-state index in [-0.39, 0.29) is 0 Å². The van der Waals surface area contributed by atoms with Gasteiger partial charge in [-0.2, -0.15) is 0 Å². The van der Waals surface area contributed by atoms with E-state index in [1.165, 1.54) is 61.2 Å². The van der Waals surface area contributed by atoms with Crippen LogP contribution in [0, 0.1) is 13.8 Å². The first-order valence-corrected chi connectivity index (χ1v) is 12.7. The Bertz CT molecular complexity index is 1440. The molecule has 0 saturated carbocycles. The standard InChI is InChI=1S/C34H30S/c1-4-25-7-11-27(12-8-25)29-15-19-31(20-16-29)33-21-24(3)32(22-34(33)35)30-17-13-28(14-18-30)26-9-5-23(2)6-10-26/h5-22,35H,4H2,1-3H3. The summed E-state index contributed by atoms with van der Waals surface area (Å²) in [5, 5.41) is 0. The van der Waals surface area contributed by atoms with Gasteiger partial charge in [-0.05, 0) is 88.0 Å². The molecule has 0 spiro atoms. The topological polar surface area (TPSA) is 0 Å². The van der Waals surface area contributed by atoms with Gasteiger partial charge < -0.3 is 0 Å². The zero-order valence-corrected chi connectivity index (χ0v) is 21.4. The number of benzene rings is 5. The van der Waals surface area contributed by atoms with Crippen LogP contribution in [-0.2, 0) is 6.42 Å². The molecule has 0 bridgehead atoms. The molecule has 0 atom stereocenters. The van der Waals surface area contributed by atoms with Crippen molar-refractivity contribution in [1.29, 1.82) is 0 Å². The molecule has 0 fully saturated rings. The van der Waals surface area contributed by atoms with Crippen LogP contribution in [-0.4, -0.2) is 0 Å². The SMILES string of the molecule is CCc1ccc(-c2ccc(-c3cc(C)c(-c4ccc(-c5ccc(C)cc5)cc4)cc3S)cc2)cc1. The van der Waals surface area contributed by atoms with Crippen molar-refractivity contribution in [2.75, 3.05) is 0 Å². The molecule has 0 amide bonds. The third-order valence-electron chi connectivity index (χ3n) is 6.81. The zero-order chi connectivity index (χ0) is 24.4. The van der Waals surface area contributed by atoms with Gasteiger partial charge in [0, 0.05) is 4.90 Å². The van der Waals surface area contributed by atoms with Crippen molar-refractivity contribution in [3.63, 3.8) is 0 Å². The number of rotatable bonds is 5. The summed E-state index contributed by atoms with van der Waals surface area (Å²) >= 11 is 4.88. The molecule has 172 valence electrons. The number of hydrogen-bond acceptors (Lipinski definition) is 1. The van der Waals surface area contributed by atoms with Gasteiger partial charge >= 0.3 is 0 Å². The average molecular weight is 471 g/mol. The normalized spacial score (nSPS) is 11.0. The van der Waals surface area contributed by atoms with Crippen molar-refractivity contribution in [3.8, 4) is 44.5 Å². The Morgan fingerprint density at radius 1 is 0.486 bits per heavy atom. The Hall–Kier alpha value is -3.55. The lowest BCUT2D eigenvalue weighted by atomic mass is 9.93. The van der Waals surface area contributed by atoms with E-state index in [1.54, 1.807) is 0 Å². The van der Waals surface area contributed by atoms with E-state index in [2.05, 4.69) is 130 Å². The molecule has 0 aliphatic rings. The van der Waals surface area contributed by atoms with Crippen molar-refractivity contribution in [1.82, 2.24) is 0 Å². The highest BCUT2D eigenvalue weighted by atomic mass is 32.1. The first kappa shape index (κ1) is 23.2. The molecular weight excluding hydrogens is 440 g/mol. The molecule has 0 nitrogen and oxygen atoms in total. The lowest BCUT2D eigenvalue weighted by molar-refractivity contribution is 1.14. The van der Waals surface area contributed by atoms with Crippen LogP contribution in [0.4, 0.5) is 0 Å². The van der Waals surface area contributed by atoms with Crippen molar-refractivity contribution < 1.29 is 0 Å². The molecule has 0 aliphatic carbocycles. The van der Waals surface area contributed by atoms with Crippen LogP contribution in [0.1, 0.15) is 23.6 Å². The van der Waals surface area contributed by atoms with E-state index in [4.69, 9.17) is 12.6 Å². The van der Waals surface area contributed by atoms with E-state index in [1.807, 2.05) is 0 Å². The van der Waals surface area contributed by atoms with Gasteiger partial charge in [0.15, 0.2) is 0 Å². The van der Waals surface area contributed by atoms with E-state index >= 15 is 0 Å². The molecule has 0 N–H and O–H groups in total. The average Bonchev–Trinajstić information content (AvgIpc) is 2.90. The highest BCUT2D eigenvalue weighted by Gasteiger charge is 2.10. The second-order valence-electron chi connectivity index (χ2n) is 9.26. The fraction of sp³-hybridized carbons (Fsp3) is 0.118. The van der Waals surface area contributed by atoms with E-state index in [0.29, 0.717) is 0 Å². The Balaban J connectivity index is 1.41. The van der Waals surface area contributed by atoms with E-state index in [0.717, 1.165) is 11.3 Å². The Morgan fingerprint density at radius 3 is 1.37 bits per heavy atom. The van der Waals surface area contributed by atoms with Gasteiger partial charge in [-0.1, -0.05) is 110 Å². The van der Waals surface area contributed by atoms with Crippen LogP contribution in [0.15, 0.2) is 114 Å². The maximum Gasteiger partial charge on any atom is 0.0125 e. The van der Waals surface area contributed by atoms with Crippen molar-refractivity contribution >= 4 is 12.6 Å². The highest BCUT2D eigenvalue weighted by Crippen LogP contribution is 2.35. The van der Waals surface area contributed by atoms with E-state index < -0.39 is 0 Å². The van der Waals surface area contributed by atoms with Gasteiger partial charge in [0.05, 0.1) is 0 Å². The van der Waals surface area contributed by atoms with Crippen LogP contribution in [0.3, 0.4) is 0 Å². The van der Waals surface area contributed by atoms with Gasteiger partial charge in [-0.3, -0.25) is 0 Å². The minimum Gasteiger partial charge on any atom is -0.143 e. The third kappa shape index (κ3) is 4.97. The number of thiol groups is 1. The maximum atomic E-state index is 4.88. The Kier molecular flexibility index (Phi) is 6.61. The summed E-state index contributed by atoms with van der Waals surface area (Å²) in [5.41, 5.74) is 13.7. The largest absolute Gasteiger partial charge is 0.143 e. The molecular formula is C34H30S. The first-order valence-electron chi connectivity index (χ1n) is 12.2. The Morgan fingerprint density at radius 2 is 0.886 bits per heavy atom. The molecule has 0 unspecified atom stereocenters. The summed E-state index contributed by atoms with van der Waals surface area (Å²) < 4.78 is 0. The van der Waals surface area contributed by atoms with Crippen LogP contribution >= 0.6 is 12.6 Å².